The average Bonchev–Trinajstić information content (AvgIpc) is 2.69. The third-order valence-corrected chi connectivity index (χ3v) is 3.34. The lowest BCUT2D eigenvalue weighted by atomic mass is 9.96. The minimum atomic E-state index is 0.00389. The van der Waals surface area contributed by atoms with E-state index in [1.165, 1.54) is 6.42 Å². The van der Waals surface area contributed by atoms with Crippen LogP contribution < -0.4 is 5.32 Å². The predicted molar refractivity (Wildman–Crippen MR) is 57.4 cm³/mol. The van der Waals surface area contributed by atoms with E-state index < -0.39 is 0 Å². The van der Waals surface area contributed by atoms with Crippen LogP contribution in [0.5, 0.6) is 0 Å². The largest absolute Gasteiger partial charge is 0.367 e. The van der Waals surface area contributed by atoms with Crippen LogP contribution in [0, 0.1) is 0 Å². The first-order valence-corrected chi connectivity index (χ1v) is 5.90. The van der Waals surface area contributed by atoms with Gasteiger partial charge in [-0.25, -0.2) is 4.98 Å². The van der Waals surface area contributed by atoms with Gasteiger partial charge in [0.05, 0.1) is 12.2 Å². The van der Waals surface area contributed by atoms with Gasteiger partial charge in [0.15, 0.2) is 0 Å². The molecule has 1 aromatic heterocycles. The summed E-state index contributed by atoms with van der Waals surface area (Å²) in [5, 5.41) is 6.42. The maximum absolute atomic E-state index is 5.90. The fourth-order valence-corrected chi connectivity index (χ4v) is 2.24. The first-order valence-electron chi connectivity index (χ1n) is 5.02. The fraction of sp³-hybridized carbons (Fsp3) is 0.700. The molecular weight excluding hydrogens is 196 g/mol. The second kappa shape index (κ2) is 4.38. The average molecular weight is 212 g/mol. The Hall–Kier alpha value is -0.450. The summed E-state index contributed by atoms with van der Waals surface area (Å²) in [6.07, 6.45) is 4.17. The van der Waals surface area contributed by atoms with E-state index in [1.807, 2.05) is 11.6 Å². The van der Waals surface area contributed by atoms with Gasteiger partial charge in [-0.15, -0.1) is 11.3 Å². The van der Waals surface area contributed by atoms with E-state index in [9.17, 15) is 0 Å². The van der Waals surface area contributed by atoms with Crippen LogP contribution in [0.1, 0.15) is 24.8 Å². The lowest BCUT2D eigenvalue weighted by molar-refractivity contribution is -0.0571. The van der Waals surface area contributed by atoms with E-state index in [2.05, 4.69) is 17.2 Å². The van der Waals surface area contributed by atoms with Gasteiger partial charge >= 0.3 is 0 Å². The number of aromatic nitrogens is 1. The van der Waals surface area contributed by atoms with Crippen molar-refractivity contribution >= 4 is 11.3 Å². The zero-order valence-corrected chi connectivity index (χ0v) is 9.27. The maximum atomic E-state index is 5.90. The summed E-state index contributed by atoms with van der Waals surface area (Å²) in [5.41, 5.74) is 0.00389. The minimum absolute atomic E-state index is 0.00389. The van der Waals surface area contributed by atoms with Gasteiger partial charge in [0, 0.05) is 18.1 Å². The van der Waals surface area contributed by atoms with Crippen molar-refractivity contribution in [1.29, 1.82) is 0 Å². The molecule has 2 heterocycles. The third-order valence-electron chi connectivity index (χ3n) is 2.59. The van der Waals surface area contributed by atoms with Crippen molar-refractivity contribution in [3.05, 3.63) is 16.6 Å². The zero-order valence-electron chi connectivity index (χ0n) is 8.45. The van der Waals surface area contributed by atoms with Gasteiger partial charge in [-0.1, -0.05) is 0 Å². The quantitative estimate of drug-likeness (QED) is 0.829. The van der Waals surface area contributed by atoms with Gasteiger partial charge in [-0.2, -0.15) is 0 Å². The predicted octanol–water partition coefficient (Wildman–Crippen LogP) is 1.80. The van der Waals surface area contributed by atoms with Crippen LogP contribution in [0.4, 0.5) is 0 Å². The van der Waals surface area contributed by atoms with Crippen molar-refractivity contribution in [3.8, 4) is 0 Å². The number of nitrogens with one attached hydrogen (secondary N) is 1. The standard InChI is InChI=1S/C10H16N2OS/c1-10(3-2-4-11-8-10)13-7-9-12-5-6-14-9/h5-6,11H,2-4,7-8H2,1H3. The Bertz CT molecular complexity index is 268. The van der Waals surface area contributed by atoms with Gasteiger partial charge in [0.25, 0.3) is 0 Å². The number of thiazole rings is 1. The van der Waals surface area contributed by atoms with E-state index in [0.29, 0.717) is 6.61 Å². The molecule has 2 rings (SSSR count). The van der Waals surface area contributed by atoms with E-state index in [0.717, 1.165) is 24.5 Å². The molecule has 0 bridgehead atoms. The van der Waals surface area contributed by atoms with Crippen LogP contribution in [0.3, 0.4) is 0 Å². The summed E-state index contributed by atoms with van der Waals surface area (Å²) >= 11 is 1.65. The van der Waals surface area contributed by atoms with Crippen molar-refractivity contribution in [3.63, 3.8) is 0 Å². The summed E-state index contributed by atoms with van der Waals surface area (Å²) in [7, 11) is 0. The van der Waals surface area contributed by atoms with Crippen LogP contribution >= 0.6 is 11.3 Å². The monoisotopic (exact) mass is 212 g/mol. The number of nitrogens with zero attached hydrogens (tertiary/aromatic N) is 1. The maximum Gasteiger partial charge on any atom is 0.118 e. The molecule has 1 saturated heterocycles. The second-order valence-electron chi connectivity index (χ2n) is 3.94. The van der Waals surface area contributed by atoms with E-state index in [-0.39, 0.29) is 5.60 Å². The van der Waals surface area contributed by atoms with Gasteiger partial charge in [0.1, 0.15) is 5.01 Å². The number of hydrogen-bond donors (Lipinski definition) is 1. The van der Waals surface area contributed by atoms with Crippen molar-refractivity contribution < 1.29 is 4.74 Å². The zero-order chi connectivity index (χ0) is 9.86. The van der Waals surface area contributed by atoms with Crippen LogP contribution in [0.15, 0.2) is 11.6 Å². The topological polar surface area (TPSA) is 34.1 Å². The smallest absolute Gasteiger partial charge is 0.118 e. The van der Waals surface area contributed by atoms with Crippen LogP contribution in [0.25, 0.3) is 0 Å². The normalized spacial score (nSPS) is 27.8. The van der Waals surface area contributed by atoms with Gasteiger partial charge in [0.2, 0.25) is 0 Å². The Balaban J connectivity index is 1.84. The molecule has 1 aliphatic heterocycles. The molecule has 0 radical (unpaired) electrons. The molecule has 3 nitrogen and oxygen atoms in total. The molecule has 4 heteroatoms. The van der Waals surface area contributed by atoms with Gasteiger partial charge in [-0.05, 0) is 26.3 Å². The van der Waals surface area contributed by atoms with Gasteiger partial charge in [-0.3, -0.25) is 0 Å². The van der Waals surface area contributed by atoms with Crippen molar-refractivity contribution in [2.45, 2.75) is 32.0 Å². The highest BCUT2D eigenvalue weighted by molar-refractivity contribution is 7.09. The fourth-order valence-electron chi connectivity index (χ4n) is 1.71. The summed E-state index contributed by atoms with van der Waals surface area (Å²) in [6, 6.07) is 0. The third kappa shape index (κ3) is 2.53. The summed E-state index contributed by atoms with van der Waals surface area (Å²) < 4.78 is 5.90. The molecule has 0 aliphatic carbocycles. The molecule has 1 N–H and O–H groups in total. The number of ether oxygens (including phenoxy) is 1. The van der Waals surface area contributed by atoms with Crippen LogP contribution in [0.2, 0.25) is 0 Å². The number of hydrogen-bond acceptors (Lipinski definition) is 4. The summed E-state index contributed by atoms with van der Waals surface area (Å²) in [5.74, 6) is 0. The Morgan fingerprint density at radius 3 is 3.29 bits per heavy atom. The van der Waals surface area contributed by atoms with E-state index in [4.69, 9.17) is 4.74 Å². The molecule has 1 atom stereocenters. The highest BCUT2D eigenvalue weighted by Crippen LogP contribution is 2.22. The molecule has 0 saturated carbocycles. The first-order chi connectivity index (χ1) is 6.79. The van der Waals surface area contributed by atoms with Crippen molar-refractivity contribution in [2.24, 2.45) is 0 Å². The highest BCUT2D eigenvalue weighted by atomic mass is 32.1. The van der Waals surface area contributed by atoms with Crippen molar-refractivity contribution in [2.75, 3.05) is 13.1 Å². The molecule has 1 fully saturated rings. The Labute approximate surface area is 88.5 Å². The van der Waals surface area contributed by atoms with E-state index >= 15 is 0 Å². The highest BCUT2D eigenvalue weighted by Gasteiger charge is 2.27. The molecule has 0 aromatic carbocycles. The molecule has 1 aliphatic rings. The number of piperidine rings is 1. The van der Waals surface area contributed by atoms with Gasteiger partial charge < -0.3 is 10.1 Å². The SMILES string of the molecule is CC1(OCc2nccs2)CCCNC1. The molecule has 0 amide bonds. The molecule has 1 unspecified atom stereocenters. The molecule has 78 valence electrons. The molecule has 1 aromatic rings. The molecule has 0 spiro atoms. The Morgan fingerprint density at radius 2 is 2.64 bits per heavy atom. The molecular formula is C10H16N2OS. The summed E-state index contributed by atoms with van der Waals surface area (Å²) in [4.78, 5) is 4.20. The lowest BCUT2D eigenvalue weighted by Gasteiger charge is -2.33. The lowest BCUT2D eigenvalue weighted by Crippen LogP contribution is -2.45. The van der Waals surface area contributed by atoms with Crippen LogP contribution in [-0.4, -0.2) is 23.7 Å². The molecule has 14 heavy (non-hydrogen) atoms. The minimum Gasteiger partial charge on any atom is -0.367 e. The summed E-state index contributed by atoms with van der Waals surface area (Å²) in [6.45, 7) is 4.90. The Morgan fingerprint density at radius 1 is 1.71 bits per heavy atom. The number of rotatable bonds is 3. The van der Waals surface area contributed by atoms with Crippen LogP contribution in [-0.2, 0) is 11.3 Å². The Kier molecular flexibility index (Phi) is 3.15. The first kappa shape index (κ1) is 10.1. The second-order valence-corrected chi connectivity index (χ2v) is 4.92. The van der Waals surface area contributed by atoms with Crippen molar-refractivity contribution in [1.82, 2.24) is 10.3 Å². The van der Waals surface area contributed by atoms with E-state index in [1.54, 1.807) is 11.3 Å².